The number of nitrogens with two attached hydrogens (primary N) is 1. The zero-order valence-corrected chi connectivity index (χ0v) is 12.7. The number of halogens is 1. The third-order valence-corrected chi connectivity index (χ3v) is 3.95. The minimum absolute atomic E-state index is 0.588. The molecule has 18 heavy (non-hydrogen) atoms. The van der Waals surface area contributed by atoms with Crippen LogP contribution in [-0.2, 0) is 12.8 Å². The maximum absolute atomic E-state index is 5.92. The predicted molar refractivity (Wildman–Crippen MR) is 82.5 cm³/mol. The normalized spacial score (nSPS) is 10.6. The molecule has 2 rings (SSSR count). The largest absolute Gasteiger partial charge is 0.383 e. The number of nitrogen functional groups attached to an aromatic ring is 1. The van der Waals surface area contributed by atoms with Gasteiger partial charge in [-0.2, -0.15) is 0 Å². The summed E-state index contributed by atoms with van der Waals surface area (Å²) in [5, 5.41) is 0. The van der Waals surface area contributed by atoms with Crippen LogP contribution in [0.25, 0.3) is 0 Å². The van der Waals surface area contributed by atoms with Gasteiger partial charge < -0.3 is 5.73 Å². The van der Waals surface area contributed by atoms with Gasteiger partial charge in [0.2, 0.25) is 0 Å². The fourth-order valence-corrected chi connectivity index (χ4v) is 2.51. The lowest BCUT2D eigenvalue weighted by Gasteiger charge is -2.08. The summed E-state index contributed by atoms with van der Waals surface area (Å²) < 4.78 is 0.975. The molecular weight excluding hydrogens is 337 g/mol. The van der Waals surface area contributed by atoms with Crippen molar-refractivity contribution in [1.82, 2.24) is 9.97 Å². The fourth-order valence-electron chi connectivity index (χ4n) is 1.88. The van der Waals surface area contributed by atoms with E-state index in [0.29, 0.717) is 5.82 Å². The molecule has 0 aliphatic carbocycles. The van der Waals surface area contributed by atoms with Gasteiger partial charge in [-0.25, -0.2) is 9.97 Å². The summed E-state index contributed by atoms with van der Waals surface area (Å²) in [5.74, 6) is 1.39. The molecule has 1 aromatic heterocycles. The van der Waals surface area contributed by atoms with Crippen LogP contribution in [0.4, 0.5) is 5.82 Å². The molecule has 0 aliphatic heterocycles. The zero-order valence-electron chi connectivity index (χ0n) is 10.6. The first-order chi connectivity index (χ1) is 8.60. The molecular formula is C14H16IN3. The molecule has 0 bridgehead atoms. The smallest absolute Gasteiger partial charge is 0.140 e. The van der Waals surface area contributed by atoms with Crippen LogP contribution in [0.3, 0.4) is 0 Å². The molecule has 2 N–H and O–H groups in total. The van der Waals surface area contributed by atoms with Crippen molar-refractivity contribution < 1.29 is 0 Å². The summed E-state index contributed by atoms with van der Waals surface area (Å²) in [5.41, 5.74) is 9.43. The van der Waals surface area contributed by atoms with Crippen molar-refractivity contribution in [2.75, 3.05) is 5.73 Å². The van der Waals surface area contributed by atoms with Crippen LogP contribution in [-0.4, -0.2) is 9.97 Å². The Kier molecular flexibility index (Phi) is 4.16. The lowest BCUT2D eigenvalue weighted by molar-refractivity contribution is 0.900. The number of hydrogen-bond donors (Lipinski definition) is 1. The van der Waals surface area contributed by atoms with E-state index in [4.69, 9.17) is 5.73 Å². The van der Waals surface area contributed by atoms with Gasteiger partial charge in [-0.3, -0.25) is 0 Å². The molecule has 0 radical (unpaired) electrons. The molecule has 0 spiro atoms. The Morgan fingerprint density at radius 1 is 1.28 bits per heavy atom. The minimum atomic E-state index is 0.588. The van der Waals surface area contributed by atoms with Gasteiger partial charge in [-0.15, -0.1) is 0 Å². The summed E-state index contributed by atoms with van der Waals surface area (Å²) in [6.07, 6.45) is 1.61. The Labute approximate surface area is 121 Å². The van der Waals surface area contributed by atoms with Gasteiger partial charge in [0.1, 0.15) is 11.6 Å². The number of anilines is 1. The first-order valence-electron chi connectivity index (χ1n) is 5.96. The highest BCUT2D eigenvalue weighted by molar-refractivity contribution is 14.1. The molecule has 0 aliphatic rings. The van der Waals surface area contributed by atoms with Crippen LogP contribution in [0, 0.1) is 10.5 Å². The predicted octanol–water partition coefficient (Wildman–Crippen LogP) is 3.13. The lowest BCUT2D eigenvalue weighted by atomic mass is 10.1. The molecule has 3 nitrogen and oxygen atoms in total. The number of aromatic nitrogens is 2. The summed E-state index contributed by atoms with van der Waals surface area (Å²) in [6, 6.07) is 8.39. The summed E-state index contributed by atoms with van der Waals surface area (Å²) in [6.45, 7) is 4.17. The van der Waals surface area contributed by atoms with Gasteiger partial charge in [0.05, 0.1) is 9.26 Å². The third kappa shape index (κ3) is 2.98. The minimum Gasteiger partial charge on any atom is -0.383 e. The van der Waals surface area contributed by atoms with E-state index in [1.165, 1.54) is 11.1 Å². The van der Waals surface area contributed by atoms with Gasteiger partial charge in [0.25, 0.3) is 0 Å². The SMILES string of the molecule is CCc1nc(Cc2cccc(C)c2)nc(N)c1I. The number of aryl methyl sites for hydroxylation is 2. The molecule has 0 fully saturated rings. The van der Waals surface area contributed by atoms with Crippen molar-refractivity contribution in [2.24, 2.45) is 0 Å². The van der Waals surface area contributed by atoms with Gasteiger partial charge in [-0.05, 0) is 41.5 Å². The van der Waals surface area contributed by atoms with Crippen molar-refractivity contribution >= 4 is 28.4 Å². The maximum atomic E-state index is 5.92. The molecule has 0 atom stereocenters. The monoisotopic (exact) mass is 353 g/mol. The van der Waals surface area contributed by atoms with E-state index >= 15 is 0 Å². The van der Waals surface area contributed by atoms with Crippen molar-refractivity contribution in [3.8, 4) is 0 Å². The van der Waals surface area contributed by atoms with Crippen molar-refractivity contribution in [3.63, 3.8) is 0 Å². The average Bonchev–Trinajstić information content (AvgIpc) is 2.33. The van der Waals surface area contributed by atoms with Gasteiger partial charge >= 0.3 is 0 Å². The maximum Gasteiger partial charge on any atom is 0.140 e. The third-order valence-electron chi connectivity index (χ3n) is 2.77. The highest BCUT2D eigenvalue weighted by Gasteiger charge is 2.09. The second-order valence-electron chi connectivity index (χ2n) is 4.31. The van der Waals surface area contributed by atoms with Crippen molar-refractivity contribution in [3.05, 3.63) is 50.5 Å². The van der Waals surface area contributed by atoms with E-state index in [-0.39, 0.29) is 0 Å². The van der Waals surface area contributed by atoms with Gasteiger partial charge in [0.15, 0.2) is 0 Å². The van der Waals surface area contributed by atoms with E-state index in [2.05, 4.69) is 70.7 Å². The van der Waals surface area contributed by atoms with Crippen molar-refractivity contribution in [1.29, 1.82) is 0 Å². The Morgan fingerprint density at radius 3 is 2.72 bits per heavy atom. The molecule has 94 valence electrons. The van der Waals surface area contributed by atoms with Crippen LogP contribution in [0.2, 0.25) is 0 Å². The highest BCUT2D eigenvalue weighted by atomic mass is 127. The van der Waals surface area contributed by atoms with Crippen LogP contribution < -0.4 is 5.73 Å². The molecule has 0 amide bonds. The highest BCUT2D eigenvalue weighted by Crippen LogP contribution is 2.18. The quantitative estimate of drug-likeness (QED) is 0.863. The van der Waals surface area contributed by atoms with Gasteiger partial charge in [-0.1, -0.05) is 36.8 Å². The Hall–Kier alpha value is -1.17. The molecule has 1 aromatic carbocycles. The number of hydrogen-bond acceptors (Lipinski definition) is 3. The number of benzene rings is 1. The van der Waals surface area contributed by atoms with E-state index in [0.717, 1.165) is 27.9 Å². The Morgan fingerprint density at radius 2 is 2.06 bits per heavy atom. The molecule has 2 aromatic rings. The summed E-state index contributed by atoms with van der Waals surface area (Å²) in [7, 11) is 0. The van der Waals surface area contributed by atoms with Crippen LogP contribution >= 0.6 is 22.6 Å². The summed E-state index contributed by atoms with van der Waals surface area (Å²) >= 11 is 2.21. The Balaban J connectivity index is 2.32. The van der Waals surface area contributed by atoms with Crippen LogP contribution in [0.15, 0.2) is 24.3 Å². The second kappa shape index (κ2) is 5.65. The van der Waals surface area contributed by atoms with E-state index in [1.807, 2.05) is 0 Å². The lowest BCUT2D eigenvalue weighted by Crippen LogP contribution is -2.07. The molecule has 0 saturated carbocycles. The van der Waals surface area contributed by atoms with Crippen LogP contribution in [0.5, 0.6) is 0 Å². The van der Waals surface area contributed by atoms with E-state index in [9.17, 15) is 0 Å². The fraction of sp³-hybridized carbons (Fsp3) is 0.286. The van der Waals surface area contributed by atoms with Gasteiger partial charge in [0, 0.05) is 6.42 Å². The topological polar surface area (TPSA) is 51.8 Å². The molecule has 4 heteroatoms. The van der Waals surface area contributed by atoms with E-state index < -0.39 is 0 Å². The standard InChI is InChI=1S/C14H16IN3/c1-3-11-13(15)14(16)18-12(17-11)8-10-6-4-5-9(2)7-10/h4-7H,3,8H2,1-2H3,(H2,16,17,18). The van der Waals surface area contributed by atoms with E-state index in [1.54, 1.807) is 0 Å². The average molecular weight is 353 g/mol. The zero-order chi connectivity index (χ0) is 13.1. The number of rotatable bonds is 3. The second-order valence-corrected chi connectivity index (χ2v) is 5.38. The summed E-state index contributed by atoms with van der Waals surface area (Å²) in [4.78, 5) is 8.94. The molecule has 0 saturated heterocycles. The first kappa shape index (κ1) is 13.3. The Bertz CT molecular complexity index is 567. The van der Waals surface area contributed by atoms with Crippen LogP contribution in [0.1, 0.15) is 29.6 Å². The number of nitrogens with zero attached hydrogens (tertiary/aromatic N) is 2. The first-order valence-corrected chi connectivity index (χ1v) is 7.04. The van der Waals surface area contributed by atoms with Crippen molar-refractivity contribution in [2.45, 2.75) is 26.7 Å². The molecule has 0 unspecified atom stereocenters. The molecule has 1 heterocycles.